The molecule has 0 aromatic heterocycles. The molecular formula is C34H49N3O5. The second-order valence-corrected chi connectivity index (χ2v) is 12.4. The fourth-order valence-electron chi connectivity index (χ4n) is 7.60. The van der Waals surface area contributed by atoms with E-state index in [9.17, 15) is 19.5 Å². The summed E-state index contributed by atoms with van der Waals surface area (Å²) in [6, 6.07) is 8.96. The van der Waals surface area contributed by atoms with E-state index in [2.05, 4.69) is 13.2 Å². The maximum Gasteiger partial charge on any atom is 0.248 e. The minimum Gasteiger partial charge on any atom is -0.396 e. The largest absolute Gasteiger partial charge is 0.396 e. The lowest BCUT2D eigenvalue weighted by Gasteiger charge is -2.38. The monoisotopic (exact) mass is 579 g/mol. The lowest BCUT2D eigenvalue weighted by molar-refractivity contribution is -0.156. The summed E-state index contributed by atoms with van der Waals surface area (Å²) in [6.07, 6.45) is 8.35. The van der Waals surface area contributed by atoms with Crippen LogP contribution in [0.15, 0.2) is 55.6 Å². The second-order valence-electron chi connectivity index (χ2n) is 12.4. The van der Waals surface area contributed by atoms with Gasteiger partial charge in [-0.3, -0.25) is 14.4 Å². The summed E-state index contributed by atoms with van der Waals surface area (Å²) >= 11 is 0. The van der Waals surface area contributed by atoms with Crippen LogP contribution in [0.25, 0.3) is 0 Å². The van der Waals surface area contributed by atoms with Crippen LogP contribution < -0.4 is 0 Å². The third kappa shape index (κ3) is 5.68. The summed E-state index contributed by atoms with van der Waals surface area (Å²) in [5, 5.41) is 9.20. The van der Waals surface area contributed by atoms with Gasteiger partial charge in [0.1, 0.15) is 11.6 Å². The van der Waals surface area contributed by atoms with Gasteiger partial charge in [0.25, 0.3) is 0 Å². The number of benzene rings is 1. The Morgan fingerprint density at radius 1 is 1.07 bits per heavy atom. The van der Waals surface area contributed by atoms with Crippen molar-refractivity contribution < 1.29 is 24.2 Å². The number of hydrogen-bond acceptors (Lipinski definition) is 5. The molecule has 0 saturated carbocycles. The van der Waals surface area contributed by atoms with Crippen LogP contribution in [0, 0.1) is 11.8 Å². The highest BCUT2D eigenvalue weighted by molar-refractivity contribution is 5.99. The molecule has 3 amide bonds. The number of nitrogens with zero attached hydrogens (tertiary/aromatic N) is 3. The molecule has 4 rings (SSSR count). The number of ether oxygens (including phenoxy) is 1. The SMILES string of the molecule is C=CCN(Cc1ccccc1)C(=O)[C@@H]1[C@H]2C(=O)N(CCCCCCO)C(C(=O)N(CC=C)C(C)C)C23CC[C@@]1(CC)O3. The predicted octanol–water partition coefficient (Wildman–Crippen LogP) is 4.33. The van der Waals surface area contributed by atoms with Gasteiger partial charge in [-0.2, -0.15) is 0 Å². The van der Waals surface area contributed by atoms with Crippen LogP contribution in [0.5, 0.6) is 0 Å². The van der Waals surface area contributed by atoms with E-state index in [-0.39, 0.29) is 30.4 Å². The van der Waals surface area contributed by atoms with E-state index in [1.807, 2.05) is 51.1 Å². The maximum absolute atomic E-state index is 14.5. The molecule has 3 aliphatic rings. The zero-order chi connectivity index (χ0) is 30.5. The molecule has 42 heavy (non-hydrogen) atoms. The van der Waals surface area contributed by atoms with Crippen LogP contribution in [-0.4, -0.2) is 87.1 Å². The summed E-state index contributed by atoms with van der Waals surface area (Å²) in [5.74, 6) is -1.78. The van der Waals surface area contributed by atoms with Gasteiger partial charge < -0.3 is 24.5 Å². The van der Waals surface area contributed by atoms with E-state index in [4.69, 9.17) is 4.74 Å². The molecule has 1 spiro atoms. The molecule has 3 fully saturated rings. The lowest BCUT2D eigenvalue weighted by Crippen LogP contribution is -2.57. The first-order valence-corrected chi connectivity index (χ1v) is 15.7. The molecule has 0 radical (unpaired) electrons. The molecule has 2 unspecified atom stereocenters. The molecule has 1 N–H and O–H groups in total. The molecule has 1 aromatic rings. The number of amides is 3. The number of carbonyl (C=O) groups excluding carboxylic acids is 3. The van der Waals surface area contributed by atoms with Gasteiger partial charge in [0.15, 0.2) is 0 Å². The van der Waals surface area contributed by atoms with Gasteiger partial charge in [-0.15, -0.1) is 13.2 Å². The van der Waals surface area contributed by atoms with Gasteiger partial charge in [-0.1, -0.05) is 62.2 Å². The molecule has 8 heteroatoms. The van der Waals surface area contributed by atoms with Crippen molar-refractivity contribution in [1.82, 2.24) is 14.7 Å². The zero-order valence-electron chi connectivity index (χ0n) is 25.7. The molecule has 1 aromatic carbocycles. The van der Waals surface area contributed by atoms with Crippen molar-refractivity contribution in [2.45, 2.75) is 95.5 Å². The van der Waals surface area contributed by atoms with Crippen molar-refractivity contribution in [3.8, 4) is 0 Å². The first kappa shape index (κ1) is 32.0. The van der Waals surface area contributed by atoms with Crippen LogP contribution in [0.2, 0.25) is 0 Å². The Kier molecular flexibility index (Phi) is 10.3. The Bertz CT molecular complexity index is 1140. The highest BCUT2D eigenvalue weighted by Crippen LogP contribution is 2.64. The summed E-state index contributed by atoms with van der Waals surface area (Å²) in [7, 11) is 0. The molecule has 3 saturated heterocycles. The molecular weight excluding hydrogens is 530 g/mol. The maximum atomic E-state index is 14.5. The van der Waals surface area contributed by atoms with Crippen molar-refractivity contribution in [1.29, 1.82) is 0 Å². The minimum absolute atomic E-state index is 0.0856. The Morgan fingerprint density at radius 2 is 1.76 bits per heavy atom. The Hall–Kier alpha value is -2.97. The lowest BCUT2D eigenvalue weighted by atomic mass is 9.64. The Balaban J connectivity index is 1.73. The standard InChI is InChI=1S/C34H49N3O5/c1-6-20-35(24-26-16-12-11-13-17-26)30(39)27-28-31(40)37(22-14-9-10-15-23-38)29(32(41)36(21-7-2)25(4)5)34(28)19-18-33(27,8-3)42-34/h6-7,11-13,16-17,25,27-29,38H,1-2,8-10,14-15,18-24H2,3-5H3/t27-,28-,29?,33+,34?/m0/s1. The van der Waals surface area contributed by atoms with Gasteiger partial charge in [0, 0.05) is 38.8 Å². The number of likely N-dealkylation sites (tertiary alicyclic amines) is 1. The van der Waals surface area contributed by atoms with Gasteiger partial charge in [0.05, 0.1) is 17.4 Å². The number of rotatable bonds is 16. The van der Waals surface area contributed by atoms with E-state index in [0.717, 1.165) is 24.8 Å². The highest BCUT2D eigenvalue weighted by atomic mass is 16.5. The number of fused-ring (bicyclic) bond motifs is 1. The van der Waals surface area contributed by atoms with Crippen LogP contribution in [-0.2, 0) is 25.7 Å². The minimum atomic E-state index is -1.05. The summed E-state index contributed by atoms with van der Waals surface area (Å²) in [5.41, 5.74) is -0.832. The first-order valence-electron chi connectivity index (χ1n) is 15.7. The number of carbonyl (C=O) groups is 3. The molecule has 8 nitrogen and oxygen atoms in total. The van der Waals surface area contributed by atoms with Crippen molar-refractivity contribution >= 4 is 17.7 Å². The number of hydrogen-bond donors (Lipinski definition) is 1. The predicted molar refractivity (Wildman–Crippen MR) is 163 cm³/mol. The van der Waals surface area contributed by atoms with Crippen molar-refractivity contribution in [2.75, 3.05) is 26.2 Å². The third-order valence-corrected chi connectivity index (χ3v) is 9.60. The van der Waals surface area contributed by atoms with Crippen molar-refractivity contribution in [3.05, 3.63) is 61.2 Å². The number of aliphatic hydroxyl groups excluding tert-OH is 1. The van der Waals surface area contributed by atoms with Crippen molar-refractivity contribution in [2.24, 2.45) is 11.8 Å². The fourth-order valence-corrected chi connectivity index (χ4v) is 7.60. The van der Waals surface area contributed by atoms with E-state index in [1.54, 1.807) is 26.9 Å². The first-order chi connectivity index (χ1) is 20.2. The van der Waals surface area contributed by atoms with Crippen LogP contribution >= 0.6 is 0 Å². The normalized spacial score (nSPS) is 27.8. The van der Waals surface area contributed by atoms with E-state index < -0.39 is 29.1 Å². The topological polar surface area (TPSA) is 90.4 Å². The van der Waals surface area contributed by atoms with Crippen LogP contribution in [0.1, 0.15) is 71.3 Å². The van der Waals surface area contributed by atoms with Gasteiger partial charge in [-0.25, -0.2) is 0 Å². The average molecular weight is 580 g/mol. The quantitative estimate of drug-likeness (QED) is 0.233. The van der Waals surface area contributed by atoms with Crippen LogP contribution in [0.4, 0.5) is 0 Å². The van der Waals surface area contributed by atoms with Gasteiger partial charge in [0.2, 0.25) is 17.7 Å². The zero-order valence-corrected chi connectivity index (χ0v) is 25.7. The van der Waals surface area contributed by atoms with Crippen molar-refractivity contribution in [3.63, 3.8) is 0 Å². The number of unbranched alkanes of at least 4 members (excludes halogenated alkanes) is 3. The second kappa shape index (κ2) is 13.6. The summed E-state index contributed by atoms with van der Waals surface area (Å²) in [6.45, 7) is 15.4. The third-order valence-electron chi connectivity index (χ3n) is 9.60. The summed E-state index contributed by atoms with van der Waals surface area (Å²) < 4.78 is 6.98. The molecule has 5 atom stereocenters. The molecule has 230 valence electrons. The van der Waals surface area contributed by atoms with E-state index in [0.29, 0.717) is 51.9 Å². The fraction of sp³-hybridized carbons (Fsp3) is 0.618. The molecule has 3 heterocycles. The molecule has 0 aliphatic carbocycles. The smallest absolute Gasteiger partial charge is 0.248 e. The van der Waals surface area contributed by atoms with E-state index >= 15 is 0 Å². The number of aliphatic hydroxyl groups is 1. The van der Waals surface area contributed by atoms with Gasteiger partial charge >= 0.3 is 0 Å². The molecule has 2 bridgehead atoms. The summed E-state index contributed by atoms with van der Waals surface area (Å²) in [4.78, 5) is 48.7. The Labute approximate surface area is 251 Å². The van der Waals surface area contributed by atoms with E-state index in [1.165, 1.54) is 0 Å². The van der Waals surface area contributed by atoms with Crippen LogP contribution in [0.3, 0.4) is 0 Å². The Morgan fingerprint density at radius 3 is 2.38 bits per heavy atom. The highest BCUT2D eigenvalue weighted by Gasteiger charge is 2.79. The molecule has 3 aliphatic heterocycles. The van der Waals surface area contributed by atoms with Gasteiger partial charge in [-0.05, 0) is 51.5 Å². The average Bonchev–Trinajstić information content (AvgIpc) is 3.59.